The molecule has 0 aromatic heterocycles. The van der Waals surface area contributed by atoms with Crippen LogP contribution in [0.5, 0.6) is 5.75 Å². The number of hydrogen-bond donors (Lipinski definition) is 4. The first-order valence-corrected chi connectivity index (χ1v) is 4.57. The van der Waals surface area contributed by atoms with Gasteiger partial charge in [-0.05, 0) is 24.5 Å². The Morgan fingerprint density at radius 1 is 1.47 bits per heavy atom. The van der Waals surface area contributed by atoms with Gasteiger partial charge in [-0.3, -0.25) is 4.79 Å². The van der Waals surface area contributed by atoms with Crippen LogP contribution >= 0.6 is 0 Å². The number of carboxylic acid groups (broad SMARTS) is 1. The quantitative estimate of drug-likeness (QED) is 0.422. The average molecular weight is 210 g/mol. The molecule has 0 saturated heterocycles. The Morgan fingerprint density at radius 2 is 2.13 bits per heavy atom. The minimum Gasteiger partial charge on any atom is -0.506 e. The van der Waals surface area contributed by atoms with E-state index in [0.717, 1.165) is 0 Å². The van der Waals surface area contributed by atoms with Gasteiger partial charge >= 0.3 is 5.97 Å². The fourth-order valence-electron chi connectivity index (χ4n) is 1.25. The van der Waals surface area contributed by atoms with Crippen LogP contribution in [0.1, 0.15) is 12.0 Å². The van der Waals surface area contributed by atoms with Crippen molar-refractivity contribution < 1.29 is 15.0 Å². The van der Waals surface area contributed by atoms with Crippen molar-refractivity contribution >= 4 is 11.7 Å². The number of nitrogen functional groups attached to an aromatic ring is 1. The van der Waals surface area contributed by atoms with Gasteiger partial charge in [-0.25, -0.2) is 0 Å². The number of nitrogens with two attached hydrogens (primary N) is 2. The summed E-state index contributed by atoms with van der Waals surface area (Å²) in [5, 5.41) is 18.1. The number of rotatable bonds is 4. The van der Waals surface area contributed by atoms with E-state index in [1.54, 1.807) is 18.2 Å². The standard InChI is InChI=1S/C10H14N2O3/c11-7-3-1-2-6(9(7)13)4-5-8(12)10(14)15/h1-3,8,13H,4-5,11-12H2,(H,14,15). The van der Waals surface area contributed by atoms with Crippen molar-refractivity contribution in [2.45, 2.75) is 18.9 Å². The highest BCUT2D eigenvalue weighted by Gasteiger charge is 2.12. The molecule has 0 aliphatic heterocycles. The monoisotopic (exact) mass is 210 g/mol. The van der Waals surface area contributed by atoms with Crippen molar-refractivity contribution in [1.29, 1.82) is 0 Å². The van der Waals surface area contributed by atoms with Gasteiger partial charge in [-0.15, -0.1) is 0 Å². The number of phenols is 1. The lowest BCUT2D eigenvalue weighted by Gasteiger charge is -2.08. The fraction of sp³-hybridized carbons (Fsp3) is 0.300. The Kier molecular flexibility index (Phi) is 3.51. The molecule has 1 atom stereocenters. The van der Waals surface area contributed by atoms with Gasteiger partial charge in [0, 0.05) is 0 Å². The van der Waals surface area contributed by atoms with Gasteiger partial charge in [-0.1, -0.05) is 12.1 Å². The molecule has 5 heteroatoms. The number of benzene rings is 1. The van der Waals surface area contributed by atoms with Crippen LogP contribution in [0, 0.1) is 0 Å². The lowest BCUT2D eigenvalue weighted by molar-refractivity contribution is -0.138. The number of phenolic OH excluding ortho intramolecular Hbond substituents is 1. The summed E-state index contributed by atoms with van der Waals surface area (Å²) in [5.74, 6) is -1.03. The molecular formula is C10H14N2O3. The van der Waals surface area contributed by atoms with Crippen molar-refractivity contribution in [3.63, 3.8) is 0 Å². The largest absolute Gasteiger partial charge is 0.506 e. The van der Waals surface area contributed by atoms with E-state index in [1.807, 2.05) is 0 Å². The highest BCUT2D eigenvalue weighted by atomic mass is 16.4. The second-order valence-corrected chi connectivity index (χ2v) is 3.34. The zero-order valence-corrected chi connectivity index (χ0v) is 8.18. The zero-order chi connectivity index (χ0) is 11.4. The van der Waals surface area contributed by atoms with E-state index in [-0.39, 0.29) is 17.9 Å². The van der Waals surface area contributed by atoms with Gasteiger partial charge in [0.25, 0.3) is 0 Å². The molecule has 5 nitrogen and oxygen atoms in total. The van der Waals surface area contributed by atoms with Gasteiger partial charge in [0.15, 0.2) is 0 Å². The van der Waals surface area contributed by atoms with Crippen molar-refractivity contribution in [3.8, 4) is 5.75 Å². The molecule has 0 fully saturated rings. The summed E-state index contributed by atoms with van der Waals surface area (Å²) in [6.45, 7) is 0. The van der Waals surface area contributed by atoms with Crippen molar-refractivity contribution in [2.75, 3.05) is 5.73 Å². The maximum atomic E-state index is 10.5. The molecule has 0 spiro atoms. The van der Waals surface area contributed by atoms with Crippen LogP contribution in [0.25, 0.3) is 0 Å². The molecule has 15 heavy (non-hydrogen) atoms. The van der Waals surface area contributed by atoms with E-state index in [0.29, 0.717) is 12.0 Å². The number of carbonyl (C=O) groups is 1. The minimum absolute atomic E-state index is 0.00934. The summed E-state index contributed by atoms with van der Waals surface area (Å²) in [4.78, 5) is 10.5. The van der Waals surface area contributed by atoms with Gasteiger partial charge in [0.1, 0.15) is 11.8 Å². The highest BCUT2D eigenvalue weighted by Crippen LogP contribution is 2.25. The SMILES string of the molecule is Nc1cccc(CCC(N)C(=O)O)c1O. The molecule has 0 amide bonds. The van der Waals surface area contributed by atoms with Crippen LogP contribution in [-0.4, -0.2) is 22.2 Å². The Hall–Kier alpha value is -1.75. The number of para-hydroxylation sites is 1. The molecule has 1 rings (SSSR count). The van der Waals surface area contributed by atoms with Crippen LogP contribution < -0.4 is 11.5 Å². The molecule has 0 heterocycles. The average Bonchev–Trinajstić information content (AvgIpc) is 2.19. The van der Waals surface area contributed by atoms with Crippen molar-refractivity contribution in [2.24, 2.45) is 5.73 Å². The Bertz CT molecular complexity index is 366. The van der Waals surface area contributed by atoms with E-state index in [4.69, 9.17) is 16.6 Å². The van der Waals surface area contributed by atoms with Crippen LogP contribution in [0.3, 0.4) is 0 Å². The summed E-state index contributed by atoms with van der Waals surface area (Å²) in [5.41, 5.74) is 11.7. The van der Waals surface area contributed by atoms with E-state index >= 15 is 0 Å². The van der Waals surface area contributed by atoms with Crippen LogP contribution in [0.15, 0.2) is 18.2 Å². The molecule has 6 N–H and O–H groups in total. The fourth-order valence-corrected chi connectivity index (χ4v) is 1.25. The lowest BCUT2D eigenvalue weighted by atomic mass is 10.0. The summed E-state index contributed by atoms with van der Waals surface area (Å²) >= 11 is 0. The Morgan fingerprint density at radius 3 is 2.73 bits per heavy atom. The number of aromatic hydroxyl groups is 1. The Labute approximate surface area is 87.3 Å². The Balaban J connectivity index is 2.66. The predicted molar refractivity (Wildman–Crippen MR) is 56.5 cm³/mol. The number of carboxylic acids is 1. The van der Waals surface area contributed by atoms with Crippen LogP contribution in [-0.2, 0) is 11.2 Å². The number of aliphatic carboxylic acids is 1. The maximum absolute atomic E-state index is 10.5. The zero-order valence-electron chi connectivity index (χ0n) is 8.18. The highest BCUT2D eigenvalue weighted by molar-refractivity contribution is 5.73. The second kappa shape index (κ2) is 4.65. The summed E-state index contributed by atoms with van der Waals surface area (Å²) in [6.07, 6.45) is 0.663. The first-order valence-electron chi connectivity index (χ1n) is 4.57. The molecule has 0 radical (unpaired) electrons. The third-order valence-corrected chi connectivity index (χ3v) is 2.19. The number of hydrogen-bond acceptors (Lipinski definition) is 4. The van der Waals surface area contributed by atoms with Gasteiger partial charge < -0.3 is 21.7 Å². The minimum atomic E-state index is -1.04. The molecule has 0 aliphatic carbocycles. The number of aryl methyl sites for hydroxylation is 1. The maximum Gasteiger partial charge on any atom is 0.320 e. The van der Waals surface area contributed by atoms with Gasteiger partial charge in [0.2, 0.25) is 0 Å². The van der Waals surface area contributed by atoms with Crippen LogP contribution in [0.4, 0.5) is 5.69 Å². The van der Waals surface area contributed by atoms with Crippen LogP contribution in [0.2, 0.25) is 0 Å². The van der Waals surface area contributed by atoms with E-state index in [9.17, 15) is 9.90 Å². The molecule has 0 saturated carbocycles. The predicted octanol–water partition coefficient (Wildman–Crippen LogP) is 0.319. The molecule has 0 aliphatic rings. The summed E-state index contributed by atoms with van der Waals surface area (Å²) < 4.78 is 0. The van der Waals surface area contributed by atoms with E-state index < -0.39 is 12.0 Å². The third-order valence-electron chi connectivity index (χ3n) is 2.19. The summed E-state index contributed by atoms with van der Waals surface area (Å²) in [7, 11) is 0. The molecule has 1 aromatic rings. The first kappa shape index (κ1) is 11.3. The number of anilines is 1. The van der Waals surface area contributed by atoms with Crippen molar-refractivity contribution in [1.82, 2.24) is 0 Å². The smallest absolute Gasteiger partial charge is 0.320 e. The first-order chi connectivity index (χ1) is 7.02. The van der Waals surface area contributed by atoms with E-state index in [1.165, 1.54) is 0 Å². The summed E-state index contributed by atoms with van der Waals surface area (Å²) in [6, 6.07) is 4.07. The molecule has 1 unspecified atom stereocenters. The van der Waals surface area contributed by atoms with E-state index in [2.05, 4.69) is 0 Å². The second-order valence-electron chi connectivity index (χ2n) is 3.34. The molecule has 82 valence electrons. The van der Waals surface area contributed by atoms with Gasteiger partial charge in [0.05, 0.1) is 5.69 Å². The lowest BCUT2D eigenvalue weighted by Crippen LogP contribution is -2.30. The van der Waals surface area contributed by atoms with Gasteiger partial charge in [-0.2, -0.15) is 0 Å². The van der Waals surface area contributed by atoms with Crippen molar-refractivity contribution in [3.05, 3.63) is 23.8 Å². The molecule has 1 aromatic carbocycles. The normalized spacial score (nSPS) is 12.3. The third kappa shape index (κ3) is 2.85. The topological polar surface area (TPSA) is 110 Å². The molecular weight excluding hydrogens is 196 g/mol. The molecule has 0 bridgehead atoms.